The Morgan fingerprint density at radius 1 is 1.21 bits per heavy atom. The fraction of sp³-hybridized carbons (Fsp3) is 0.273. The lowest BCUT2D eigenvalue weighted by Crippen LogP contribution is -2.39. The van der Waals surface area contributed by atoms with E-state index in [2.05, 4.69) is 20.5 Å². The van der Waals surface area contributed by atoms with Crippen molar-refractivity contribution in [3.05, 3.63) is 71.6 Å². The number of urea groups is 1. The van der Waals surface area contributed by atoms with E-state index in [1.54, 1.807) is 12.3 Å². The first-order chi connectivity index (χ1) is 14.0. The van der Waals surface area contributed by atoms with E-state index in [1.165, 1.54) is 6.07 Å². The van der Waals surface area contributed by atoms with Crippen molar-refractivity contribution in [2.24, 2.45) is 0 Å². The number of nitrogens with zero attached hydrogens (tertiary/aromatic N) is 2. The van der Waals surface area contributed by atoms with Crippen molar-refractivity contribution >= 4 is 22.5 Å². The fourth-order valence-electron chi connectivity index (χ4n) is 3.72. The van der Waals surface area contributed by atoms with Crippen molar-refractivity contribution in [1.29, 1.82) is 0 Å². The predicted molar refractivity (Wildman–Crippen MR) is 109 cm³/mol. The minimum absolute atomic E-state index is 0.00123. The van der Waals surface area contributed by atoms with Crippen LogP contribution in [0, 0.1) is 18.6 Å². The summed E-state index contributed by atoms with van der Waals surface area (Å²) in [4.78, 5) is 18.9. The van der Waals surface area contributed by atoms with Gasteiger partial charge in [0.25, 0.3) is 0 Å². The largest absolute Gasteiger partial charge is 0.334 e. The number of fused-ring (bicyclic) bond motifs is 1. The molecule has 1 aliphatic rings. The summed E-state index contributed by atoms with van der Waals surface area (Å²) in [6.07, 6.45) is 2.59. The van der Waals surface area contributed by atoms with Gasteiger partial charge in [-0.15, -0.1) is 0 Å². The van der Waals surface area contributed by atoms with Gasteiger partial charge in [-0.3, -0.25) is 9.88 Å². The topological polar surface area (TPSA) is 57.3 Å². The Morgan fingerprint density at radius 3 is 2.90 bits per heavy atom. The molecule has 3 aromatic rings. The number of nitrogens with one attached hydrogen (secondary N) is 2. The zero-order valence-electron chi connectivity index (χ0n) is 16.1. The third-order valence-electron chi connectivity index (χ3n) is 5.15. The number of carbonyl (C=O) groups excluding carboxylic acids is 1. The number of aromatic nitrogens is 1. The first-order valence-electron chi connectivity index (χ1n) is 9.57. The Hall–Kier alpha value is -3.06. The lowest BCUT2D eigenvalue weighted by molar-refractivity contribution is 0.247. The highest BCUT2D eigenvalue weighted by Crippen LogP contribution is 2.23. The molecule has 0 unspecified atom stereocenters. The van der Waals surface area contributed by atoms with Crippen LogP contribution in [0.3, 0.4) is 0 Å². The molecule has 1 fully saturated rings. The molecule has 150 valence electrons. The van der Waals surface area contributed by atoms with E-state index in [9.17, 15) is 13.6 Å². The molecular formula is C22H22F2N4O. The first kappa shape index (κ1) is 19.3. The molecule has 2 N–H and O–H groups in total. The van der Waals surface area contributed by atoms with Crippen molar-refractivity contribution in [3.63, 3.8) is 0 Å². The van der Waals surface area contributed by atoms with E-state index in [0.717, 1.165) is 41.2 Å². The van der Waals surface area contributed by atoms with Crippen LogP contribution in [0.15, 0.2) is 48.7 Å². The van der Waals surface area contributed by atoms with Gasteiger partial charge in [0.05, 0.1) is 5.69 Å². The quantitative estimate of drug-likeness (QED) is 0.694. The average molecular weight is 396 g/mol. The Balaban J connectivity index is 1.35. The van der Waals surface area contributed by atoms with Crippen LogP contribution in [0.5, 0.6) is 0 Å². The van der Waals surface area contributed by atoms with Crippen LogP contribution >= 0.6 is 0 Å². The van der Waals surface area contributed by atoms with Crippen molar-refractivity contribution in [3.8, 4) is 0 Å². The molecule has 0 radical (unpaired) electrons. The van der Waals surface area contributed by atoms with Crippen LogP contribution in [-0.4, -0.2) is 35.0 Å². The molecule has 1 atom stereocenters. The van der Waals surface area contributed by atoms with Crippen LogP contribution < -0.4 is 10.6 Å². The number of carbonyl (C=O) groups is 1. The van der Waals surface area contributed by atoms with Gasteiger partial charge in [0.2, 0.25) is 0 Å². The molecule has 0 spiro atoms. The van der Waals surface area contributed by atoms with Crippen molar-refractivity contribution < 1.29 is 13.6 Å². The maximum Gasteiger partial charge on any atom is 0.319 e. The second-order valence-electron chi connectivity index (χ2n) is 7.42. The summed E-state index contributed by atoms with van der Waals surface area (Å²) in [5, 5.41) is 7.84. The summed E-state index contributed by atoms with van der Waals surface area (Å²) in [7, 11) is 0. The number of aryl methyl sites for hydroxylation is 1. The summed E-state index contributed by atoms with van der Waals surface area (Å²) in [5.41, 5.74) is 2.34. The van der Waals surface area contributed by atoms with E-state index in [1.807, 2.05) is 31.2 Å². The molecule has 1 aromatic heterocycles. The minimum atomic E-state index is -0.842. The van der Waals surface area contributed by atoms with Gasteiger partial charge in [-0.05, 0) is 43.2 Å². The molecule has 0 aliphatic carbocycles. The average Bonchev–Trinajstić information content (AvgIpc) is 3.12. The number of halogens is 2. The molecule has 2 amide bonds. The van der Waals surface area contributed by atoms with Crippen LogP contribution in [0.25, 0.3) is 10.8 Å². The van der Waals surface area contributed by atoms with Gasteiger partial charge >= 0.3 is 6.03 Å². The van der Waals surface area contributed by atoms with E-state index >= 15 is 0 Å². The monoisotopic (exact) mass is 396 g/mol. The maximum absolute atomic E-state index is 13.4. The predicted octanol–water partition coefficient (Wildman–Crippen LogP) is 4.22. The zero-order chi connectivity index (χ0) is 20.4. The molecule has 0 saturated carbocycles. The summed E-state index contributed by atoms with van der Waals surface area (Å²) in [6, 6.07) is 11.3. The van der Waals surface area contributed by atoms with Crippen LogP contribution in [-0.2, 0) is 6.54 Å². The smallest absolute Gasteiger partial charge is 0.319 e. The van der Waals surface area contributed by atoms with Gasteiger partial charge in [0, 0.05) is 48.3 Å². The van der Waals surface area contributed by atoms with Crippen molar-refractivity contribution in [2.45, 2.75) is 25.9 Å². The molecule has 2 aromatic carbocycles. The highest BCUT2D eigenvalue weighted by Gasteiger charge is 2.24. The molecule has 4 rings (SSSR count). The molecule has 1 saturated heterocycles. The molecule has 5 nitrogen and oxygen atoms in total. The van der Waals surface area contributed by atoms with Crippen molar-refractivity contribution in [1.82, 2.24) is 15.2 Å². The zero-order valence-corrected chi connectivity index (χ0v) is 16.1. The summed E-state index contributed by atoms with van der Waals surface area (Å²) < 4.78 is 26.5. The SMILES string of the molecule is Cc1cc2c(NC(=O)N[C@@H]3CCN(Cc4ccc(F)c(F)c4)C3)cccc2cn1. The highest BCUT2D eigenvalue weighted by atomic mass is 19.2. The molecule has 2 heterocycles. The second-order valence-corrected chi connectivity index (χ2v) is 7.42. The Morgan fingerprint density at radius 2 is 2.07 bits per heavy atom. The number of amides is 2. The van der Waals surface area contributed by atoms with Crippen LogP contribution in [0.1, 0.15) is 17.7 Å². The minimum Gasteiger partial charge on any atom is -0.334 e. The van der Waals surface area contributed by atoms with Crippen molar-refractivity contribution in [2.75, 3.05) is 18.4 Å². The third-order valence-corrected chi connectivity index (χ3v) is 5.15. The Labute approximate surface area is 167 Å². The lowest BCUT2D eigenvalue weighted by Gasteiger charge is -2.17. The molecule has 1 aliphatic heterocycles. The number of hydrogen-bond donors (Lipinski definition) is 2. The van der Waals surface area contributed by atoms with Gasteiger partial charge < -0.3 is 10.6 Å². The van der Waals surface area contributed by atoms with Gasteiger partial charge in [-0.2, -0.15) is 0 Å². The molecular weight excluding hydrogens is 374 g/mol. The number of benzene rings is 2. The highest BCUT2D eigenvalue weighted by molar-refractivity contribution is 6.01. The Kier molecular flexibility index (Phi) is 5.40. The summed E-state index contributed by atoms with van der Waals surface area (Å²) in [6.45, 7) is 3.87. The van der Waals surface area contributed by atoms with Crippen LogP contribution in [0.4, 0.5) is 19.3 Å². The van der Waals surface area contributed by atoms with E-state index in [-0.39, 0.29) is 12.1 Å². The molecule has 29 heavy (non-hydrogen) atoms. The van der Waals surface area contributed by atoms with Gasteiger partial charge in [-0.25, -0.2) is 13.6 Å². The third kappa shape index (κ3) is 4.51. The number of pyridine rings is 1. The number of anilines is 1. The summed E-state index contributed by atoms with van der Waals surface area (Å²) >= 11 is 0. The van der Waals surface area contributed by atoms with E-state index in [0.29, 0.717) is 18.7 Å². The van der Waals surface area contributed by atoms with Gasteiger partial charge in [-0.1, -0.05) is 18.2 Å². The maximum atomic E-state index is 13.4. The normalized spacial score (nSPS) is 16.9. The molecule has 7 heteroatoms. The van der Waals surface area contributed by atoms with E-state index < -0.39 is 11.6 Å². The Bertz CT molecular complexity index is 1060. The lowest BCUT2D eigenvalue weighted by atomic mass is 10.1. The second kappa shape index (κ2) is 8.13. The van der Waals surface area contributed by atoms with Gasteiger partial charge in [0.1, 0.15) is 0 Å². The van der Waals surface area contributed by atoms with Gasteiger partial charge in [0.15, 0.2) is 11.6 Å². The summed E-state index contributed by atoms with van der Waals surface area (Å²) in [5.74, 6) is -1.68. The first-order valence-corrected chi connectivity index (χ1v) is 9.57. The fourth-order valence-corrected chi connectivity index (χ4v) is 3.72. The number of hydrogen-bond acceptors (Lipinski definition) is 3. The number of rotatable bonds is 4. The molecule has 0 bridgehead atoms. The standard InChI is InChI=1S/C22H22F2N4O/c1-14-9-18-16(11-25-14)3-2-4-21(18)27-22(29)26-17-7-8-28(13-17)12-15-5-6-19(23)20(24)10-15/h2-6,9-11,17H,7-8,12-13H2,1H3,(H2,26,27,29)/t17-/m1/s1. The van der Waals surface area contributed by atoms with Crippen LogP contribution in [0.2, 0.25) is 0 Å². The number of likely N-dealkylation sites (tertiary alicyclic amines) is 1. The van der Waals surface area contributed by atoms with E-state index in [4.69, 9.17) is 0 Å².